The topological polar surface area (TPSA) is 84.2 Å². The van der Waals surface area contributed by atoms with Gasteiger partial charge in [0.25, 0.3) is 5.91 Å². The van der Waals surface area contributed by atoms with Crippen molar-refractivity contribution in [2.24, 2.45) is 13.0 Å². The highest BCUT2D eigenvalue weighted by Gasteiger charge is 2.22. The lowest BCUT2D eigenvalue weighted by molar-refractivity contribution is -0.141. The number of hydrogen-bond acceptors (Lipinski definition) is 3. The summed E-state index contributed by atoms with van der Waals surface area (Å²) in [6.07, 6.45) is 0.344. The molecule has 0 spiro atoms. The van der Waals surface area contributed by atoms with Crippen molar-refractivity contribution >= 4 is 22.6 Å². The van der Waals surface area contributed by atoms with Crippen LogP contribution in [0.2, 0.25) is 0 Å². The molecule has 1 amide bonds. The minimum Gasteiger partial charge on any atom is -0.481 e. The van der Waals surface area contributed by atoms with Crippen LogP contribution in [0.25, 0.3) is 10.8 Å². The second kappa shape index (κ2) is 8.25. The van der Waals surface area contributed by atoms with Crippen molar-refractivity contribution in [2.75, 3.05) is 6.54 Å². The Morgan fingerprint density at radius 2 is 1.86 bits per heavy atom. The zero-order valence-electron chi connectivity index (χ0n) is 16.3. The Labute approximate surface area is 164 Å². The SMILES string of the molecule is CC(C)c1cc(C(=O)NCC(Cc2cccc3ccccc23)C(=O)O)nn1C. The van der Waals surface area contributed by atoms with Gasteiger partial charge in [-0.05, 0) is 34.7 Å². The Morgan fingerprint density at radius 3 is 2.54 bits per heavy atom. The number of rotatable bonds is 7. The van der Waals surface area contributed by atoms with E-state index in [0.29, 0.717) is 12.1 Å². The first-order chi connectivity index (χ1) is 13.4. The third-order valence-electron chi connectivity index (χ3n) is 4.94. The summed E-state index contributed by atoms with van der Waals surface area (Å²) in [4.78, 5) is 24.2. The molecule has 1 heterocycles. The number of carboxylic acid groups (broad SMARTS) is 1. The molecule has 6 heteroatoms. The quantitative estimate of drug-likeness (QED) is 0.659. The number of fused-ring (bicyclic) bond motifs is 1. The van der Waals surface area contributed by atoms with E-state index < -0.39 is 11.9 Å². The second-order valence-corrected chi connectivity index (χ2v) is 7.32. The lowest BCUT2D eigenvalue weighted by Crippen LogP contribution is -2.34. The van der Waals surface area contributed by atoms with Gasteiger partial charge in [-0.15, -0.1) is 0 Å². The van der Waals surface area contributed by atoms with E-state index in [0.717, 1.165) is 22.0 Å². The second-order valence-electron chi connectivity index (χ2n) is 7.32. The molecule has 146 valence electrons. The molecule has 0 aliphatic carbocycles. The van der Waals surface area contributed by atoms with Gasteiger partial charge in [0.15, 0.2) is 0 Å². The number of carbonyl (C=O) groups is 2. The van der Waals surface area contributed by atoms with Crippen LogP contribution in [-0.2, 0) is 18.3 Å². The smallest absolute Gasteiger partial charge is 0.308 e. The Morgan fingerprint density at radius 1 is 1.14 bits per heavy atom. The van der Waals surface area contributed by atoms with E-state index >= 15 is 0 Å². The van der Waals surface area contributed by atoms with Crippen LogP contribution in [0.1, 0.15) is 41.5 Å². The van der Waals surface area contributed by atoms with Crippen molar-refractivity contribution in [3.05, 3.63) is 65.5 Å². The summed E-state index contributed by atoms with van der Waals surface area (Å²) in [5, 5.41) is 18.7. The van der Waals surface area contributed by atoms with Gasteiger partial charge in [-0.25, -0.2) is 0 Å². The summed E-state index contributed by atoms with van der Waals surface area (Å²) < 4.78 is 1.68. The number of hydrogen-bond donors (Lipinski definition) is 2. The molecule has 0 radical (unpaired) electrons. The molecular weight excluding hydrogens is 354 g/mol. The molecule has 1 aromatic heterocycles. The highest BCUT2D eigenvalue weighted by atomic mass is 16.4. The third kappa shape index (κ3) is 4.22. The first kappa shape index (κ1) is 19.6. The summed E-state index contributed by atoms with van der Waals surface area (Å²) in [5.74, 6) is -1.76. The van der Waals surface area contributed by atoms with Crippen LogP contribution in [0.4, 0.5) is 0 Å². The number of carbonyl (C=O) groups excluding carboxylic acids is 1. The lowest BCUT2D eigenvalue weighted by atomic mass is 9.95. The van der Waals surface area contributed by atoms with Crippen molar-refractivity contribution in [1.29, 1.82) is 0 Å². The van der Waals surface area contributed by atoms with Crippen molar-refractivity contribution in [2.45, 2.75) is 26.2 Å². The van der Waals surface area contributed by atoms with Crippen LogP contribution < -0.4 is 5.32 Å². The van der Waals surface area contributed by atoms with Gasteiger partial charge in [0.2, 0.25) is 0 Å². The molecule has 6 nitrogen and oxygen atoms in total. The number of aromatic nitrogens is 2. The van der Waals surface area contributed by atoms with Crippen LogP contribution in [0, 0.1) is 5.92 Å². The van der Waals surface area contributed by atoms with Crippen molar-refractivity contribution in [3.8, 4) is 0 Å². The van der Waals surface area contributed by atoms with Crippen LogP contribution >= 0.6 is 0 Å². The molecule has 0 bridgehead atoms. The van der Waals surface area contributed by atoms with Crippen LogP contribution in [0.15, 0.2) is 48.5 Å². The maximum Gasteiger partial charge on any atom is 0.308 e. The van der Waals surface area contributed by atoms with E-state index in [2.05, 4.69) is 10.4 Å². The third-order valence-corrected chi connectivity index (χ3v) is 4.94. The van der Waals surface area contributed by atoms with Crippen molar-refractivity contribution < 1.29 is 14.7 Å². The number of benzene rings is 2. The van der Waals surface area contributed by atoms with Crippen LogP contribution in [-0.4, -0.2) is 33.3 Å². The lowest BCUT2D eigenvalue weighted by Gasteiger charge is -2.14. The number of aliphatic carboxylic acids is 1. The molecule has 1 atom stereocenters. The molecule has 0 fully saturated rings. The molecule has 1 unspecified atom stereocenters. The van der Waals surface area contributed by atoms with Gasteiger partial charge in [0.1, 0.15) is 5.69 Å². The predicted octanol–water partition coefficient (Wildman–Crippen LogP) is 3.37. The minimum absolute atomic E-state index is 0.0466. The van der Waals surface area contributed by atoms with Gasteiger partial charge in [-0.2, -0.15) is 5.10 Å². The van der Waals surface area contributed by atoms with Gasteiger partial charge in [0, 0.05) is 19.3 Å². The zero-order valence-corrected chi connectivity index (χ0v) is 16.3. The largest absolute Gasteiger partial charge is 0.481 e. The Bertz CT molecular complexity index is 1000. The van der Waals surface area contributed by atoms with E-state index in [1.807, 2.05) is 56.3 Å². The molecule has 0 saturated heterocycles. The van der Waals surface area contributed by atoms with Crippen molar-refractivity contribution in [3.63, 3.8) is 0 Å². The Kier molecular flexibility index (Phi) is 5.78. The summed E-state index contributed by atoms with van der Waals surface area (Å²) in [6, 6.07) is 15.5. The molecule has 3 aromatic rings. The van der Waals surface area contributed by atoms with Gasteiger partial charge in [-0.1, -0.05) is 56.3 Å². The Balaban J connectivity index is 1.72. The average Bonchev–Trinajstić information content (AvgIpc) is 3.07. The standard InChI is InChI=1S/C22H25N3O3/c1-14(2)20-12-19(24-25(20)3)21(26)23-13-17(22(27)28)11-16-9-6-8-15-7-4-5-10-18(15)16/h4-10,12,14,17H,11,13H2,1-3H3,(H,23,26)(H,27,28). The molecule has 0 aliphatic heterocycles. The van der Waals surface area contributed by atoms with Crippen LogP contribution in [0.3, 0.4) is 0 Å². The Hall–Kier alpha value is -3.15. The summed E-state index contributed by atoms with van der Waals surface area (Å²) in [6.45, 7) is 4.11. The molecule has 2 aromatic carbocycles. The molecular formula is C22H25N3O3. The fraction of sp³-hybridized carbons (Fsp3) is 0.318. The first-order valence-electron chi connectivity index (χ1n) is 9.38. The molecule has 0 aliphatic rings. The van der Waals surface area contributed by atoms with Gasteiger partial charge < -0.3 is 10.4 Å². The first-order valence-corrected chi connectivity index (χ1v) is 9.38. The summed E-state index contributed by atoms with van der Waals surface area (Å²) in [7, 11) is 1.80. The van der Waals surface area contributed by atoms with E-state index in [9.17, 15) is 14.7 Å². The monoisotopic (exact) mass is 379 g/mol. The number of nitrogens with one attached hydrogen (secondary N) is 1. The maximum atomic E-state index is 12.4. The predicted molar refractivity (Wildman–Crippen MR) is 108 cm³/mol. The number of aryl methyl sites for hydroxylation is 1. The fourth-order valence-corrected chi connectivity index (χ4v) is 3.42. The van der Waals surface area contributed by atoms with Gasteiger partial charge in [-0.3, -0.25) is 14.3 Å². The molecule has 28 heavy (non-hydrogen) atoms. The maximum absolute atomic E-state index is 12.4. The number of amides is 1. The van der Waals surface area contributed by atoms with Gasteiger partial charge in [0.05, 0.1) is 5.92 Å². The van der Waals surface area contributed by atoms with E-state index in [1.165, 1.54) is 0 Å². The average molecular weight is 379 g/mol. The van der Waals surface area contributed by atoms with E-state index in [-0.39, 0.29) is 18.4 Å². The summed E-state index contributed by atoms with van der Waals surface area (Å²) in [5.41, 5.74) is 2.22. The molecule has 2 N–H and O–H groups in total. The number of nitrogens with zero attached hydrogens (tertiary/aromatic N) is 2. The van der Waals surface area contributed by atoms with E-state index in [4.69, 9.17) is 0 Å². The van der Waals surface area contributed by atoms with Crippen LogP contribution in [0.5, 0.6) is 0 Å². The summed E-state index contributed by atoms with van der Waals surface area (Å²) >= 11 is 0. The van der Waals surface area contributed by atoms with E-state index in [1.54, 1.807) is 17.8 Å². The fourth-order valence-electron chi connectivity index (χ4n) is 3.42. The van der Waals surface area contributed by atoms with Crippen molar-refractivity contribution in [1.82, 2.24) is 15.1 Å². The normalized spacial score (nSPS) is 12.3. The zero-order chi connectivity index (χ0) is 20.3. The minimum atomic E-state index is -0.933. The molecule has 3 rings (SSSR count). The van der Waals surface area contributed by atoms with Gasteiger partial charge >= 0.3 is 5.97 Å². The molecule has 0 saturated carbocycles. The number of carboxylic acids is 1. The highest BCUT2D eigenvalue weighted by Crippen LogP contribution is 2.21. The highest BCUT2D eigenvalue weighted by molar-refractivity contribution is 5.92.